The van der Waals surface area contributed by atoms with Crippen LogP contribution in [0.2, 0.25) is 0 Å². The molecule has 0 spiro atoms. The summed E-state index contributed by atoms with van der Waals surface area (Å²) in [5.74, 6) is -1.29. The van der Waals surface area contributed by atoms with Crippen molar-refractivity contribution in [2.75, 3.05) is 5.32 Å². The predicted molar refractivity (Wildman–Crippen MR) is 99.0 cm³/mol. The second kappa shape index (κ2) is 7.83. The molecule has 0 saturated carbocycles. The maximum Gasteiger partial charge on any atom is 0.413 e. The maximum absolute atomic E-state index is 14.3. The van der Waals surface area contributed by atoms with Crippen molar-refractivity contribution in [1.82, 2.24) is 15.0 Å². The Morgan fingerprint density at radius 2 is 1.93 bits per heavy atom. The SMILES string of the molecule is C[C@@H](OC(=O)Nc1c(-c2cc(F)c(Br)cc2F)nnn1C)c1ccccc1. The van der Waals surface area contributed by atoms with Crippen molar-refractivity contribution in [1.29, 1.82) is 0 Å². The van der Waals surface area contributed by atoms with Crippen molar-refractivity contribution in [3.05, 3.63) is 64.1 Å². The fraction of sp³-hybridized carbons (Fsp3) is 0.167. The molecular weight excluding hydrogens is 422 g/mol. The molecule has 0 radical (unpaired) electrons. The summed E-state index contributed by atoms with van der Waals surface area (Å²) in [6.45, 7) is 1.72. The molecule has 0 aliphatic rings. The van der Waals surface area contributed by atoms with Gasteiger partial charge in [0.15, 0.2) is 5.82 Å². The number of nitrogens with zero attached hydrogens (tertiary/aromatic N) is 3. The van der Waals surface area contributed by atoms with Crippen molar-refractivity contribution in [2.24, 2.45) is 7.05 Å². The lowest BCUT2D eigenvalue weighted by Gasteiger charge is -2.14. The summed E-state index contributed by atoms with van der Waals surface area (Å²) in [6, 6.07) is 11.1. The fourth-order valence-electron chi connectivity index (χ4n) is 2.46. The number of carbonyl (C=O) groups excluding carboxylic acids is 1. The highest BCUT2D eigenvalue weighted by molar-refractivity contribution is 9.10. The molecule has 1 amide bonds. The van der Waals surface area contributed by atoms with Gasteiger partial charge in [0.05, 0.1) is 4.47 Å². The molecule has 2 aromatic carbocycles. The Morgan fingerprint density at radius 1 is 1.22 bits per heavy atom. The number of amides is 1. The van der Waals surface area contributed by atoms with Crippen molar-refractivity contribution in [3.63, 3.8) is 0 Å². The number of ether oxygens (including phenoxy) is 1. The molecule has 140 valence electrons. The first-order valence-corrected chi connectivity index (χ1v) is 8.73. The molecule has 3 rings (SSSR count). The second-order valence-electron chi connectivity index (χ2n) is 5.74. The van der Waals surface area contributed by atoms with E-state index in [0.29, 0.717) is 0 Å². The number of halogens is 3. The van der Waals surface area contributed by atoms with E-state index in [1.165, 1.54) is 11.7 Å². The van der Waals surface area contributed by atoms with E-state index in [-0.39, 0.29) is 21.5 Å². The zero-order valence-electron chi connectivity index (χ0n) is 14.4. The van der Waals surface area contributed by atoms with Crippen LogP contribution >= 0.6 is 15.9 Å². The third kappa shape index (κ3) is 4.13. The van der Waals surface area contributed by atoms with Gasteiger partial charge in [-0.05, 0) is 40.5 Å². The molecule has 0 bridgehead atoms. The Bertz CT molecular complexity index is 979. The van der Waals surface area contributed by atoms with Crippen LogP contribution in [-0.2, 0) is 11.8 Å². The molecule has 0 aliphatic heterocycles. The van der Waals surface area contributed by atoms with Crippen LogP contribution in [0.25, 0.3) is 11.3 Å². The van der Waals surface area contributed by atoms with Crippen molar-refractivity contribution >= 4 is 27.8 Å². The van der Waals surface area contributed by atoms with Crippen LogP contribution in [0.5, 0.6) is 0 Å². The molecule has 0 unspecified atom stereocenters. The van der Waals surface area contributed by atoms with Gasteiger partial charge >= 0.3 is 6.09 Å². The smallest absolute Gasteiger partial charge is 0.413 e. The predicted octanol–water partition coefficient (Wildman–Crippen LogP) is 4.83. The fourth-order valence-corrected chi connectivity index (χ4v) is 2.78. The van der Waals surface area contributed by atoms with Gasteiger partial charge in [-0.25, -0.2) is 18.3 Å². The molecule has 9 heteroatoms. The van der Waals surface area contributed by atoms with Crippen LogP contribution in [0.3, 0.4) is 0 Å². The molecule has 6 nitrogen and oxygen atoms in total. The van der Waals surface area contributed by atoms with Gasteiger partial charge in [-0.2, -0.15) is 0 Å². The Balaban J connectivity index is 1.83. The average Bonchev–Trinajstić information content (AvgIpc) is 2.99. The van der Waals surface area contributed by atoms with E-state index >= 15 is 0 Å². The zero-order chi connectivity index (χ0) is 19.6. The Kier molecular flexibility index (Phi) is 5.50. The maximum atomic E-state index is 14.3. The molecule has 1 aromatic heterocycles. The first-order chi connectivity index (χ1) is 12.9. The van der Waals surface area contributed by atoms with Gasteiger partial charge in [0.1, 0.15) is 23.4 Å². The van der Waals surface area contributed by atoms with Gasteiger partial charge in [0.2, 0.25) is 0 Å². The van der Waals surface area contributed by atoms with Crippen LogP contribution in [0, 0.1) is 11.6 Å². The molecule has 0 aliphatic carbocycles. The van der Waals surface area contributed by atoms with Gasteiger partial charge in [0.25, 0.3) is 0 Å². The molecule has 1 heterocycles. The number of benzene rings is 2. The lowest BCUT2D eigenvalue weighted by molar-refractivity contribution is 0.121. The number of hydrogen-bond donors (Lipinski definition) is 1. The van der Waals surface area contributed by atoms with Crippen molar-refractivity contribution in [3.8, 4) is 11.3 Å². The number of aromatic nitrogens is 3. The van der Waals surface area contributed by atoms with Gasteiger partial charge in [-0.3, -0.25) is 5.32 Å². The summed E-state index contributed by atoms with van der Waals surface area (Å²) in [7, 11) is 1.51. The number of hydrogen-bond acceptors (Lipinski definition) is 4. The molecule has 0 fully saturated rings. The summed E-state index contributed by atoms with van der Waals surface area (Å²) in [6.07, 6.45) is -1.27. The molecule has 3 aromatic rings. The third-order valence-electron chi connectivity index (χ3n) is 3.87. The van der Waals surface area contributed by atoms with E-state index < -0.39 is 23.8 Å². The first kappa shape index (κ1) is 19.0. The van der Waals surface area contributed by atoms with Gasteiger partial charge in [-0.15, -0.1) is 5.10 Å². The largest absolute Gasteiger partial charge is 0.441 e. The van der Waals surface area contributed by atoms with E-state index in [0.717, 1.165) is 17.7 Å². The van der Waals surface area contributed by atoms with E-state index in [4.69, 9.17) is 4.74 Å². The van der Waals surface area contributed by atoms with Crippen LogP contribution in [0.1, 0.15) is 18.6 Å². The van der Waals surface area contributed by atoms with Crippen LogP contribution in [-0.4, -0.2) is 21.1 Å². The van der Waals surface area contributed by atoms with Gasteiger partial charge in [-0.1, -0.05) is 35.5 Å². The standard InChI is InChI=1S/C18H15BrF2N4O2/c1-10(11-6-4-3-5-7-11)27-18(26)22-17-16(23-24-25(17)2)12-8-15(21)13(19)9-14(12)20/h3-10H,1-2H3,(H,22,26)/t10-/m1/s1. The molecule has 1 N–H and O–H groups in total. The first-order valence-electron chi connectivity index (χ1n) is 7.94. The summed E-state index contributed by atoms with van der Waals surface area (Å²) < 4.78 is 34.6. The minimum atomic E-state index is -0.768. The summed E-state index contributed by atoms with van der Waals surface area (Å²) >= 11 is 2.92. The normalized spacial score (nSPS) is 11.9. The number of anilines is 1. The lowest BCUT2D eigenvalue weighted by atomic mass is 10.1. The van der Waals surface area contributed by atoms with Crippen molar-refractivity contribution < 1.29 is 18.3 Å². The van der Waals surface area contributed by atoms with Crippen LogP contribution in [0.4, 0.5) is 19.4 Å². The highest BCUT2D eigenvalue weighted by atomic mass is 79.9. The van der Waals surface area contributed by atoms with Crippen molar-refractivity contribution in [2.45, 2.75) is 13.0 Å². The van der Waals surface area contributed by atoms with E-state index in [9.17, 15) is 13.6 Å². The lowest BCUT2D eigenvalue weighted by Crippen LogP contribution is -2.18. The monoisotopic (exact) mass is 436 g/mol. The molecule has 1 atom stereocenters. The minimum absolute atomic E-state index is 0.00860. The number of aryl methyl sites for hydroxylation is 1. The van der Waals surface area contributed by atoms with Crippen LogP contribution in [0.15, 0.2) is 46.9 Å². The molecular formula is C18H15BrF2N4O2. The zero-order valence-corrected chi connectivity index (χ0v) is 16.0. The Morgan fingerprint density at radius 3 is 2.63 bits per heavy atom. The number of carbonyl (C=O) groups is 1. The Labute approximate surface area is 162 Å². The number of rotatable bonds is 4. The van der Waals surface area contributed by atoms with E-state index in [2.05, 4.69) is 31.6 Å². The highest BCUT2D eigenvalue weighted by Gasteiger charge is 2.21. The quantitative estimate of drug-likeness (QED) is 0.594. The number of nitrogens with one attached hydrogen (secondary N) is 1. The summed E-state index contributed by atoms with van der Waals surface area (Å²) in [5.41, 5.74) is 0.679. The topological polar surface area (TPSA) is 69.0 Å². The minimum Gasteiger partial charge on any atom is -0.441 e. The van der Waals surface area contributed by atoms with Gasteiger partial charge < -0.3 is 4.74 Å². The summed E-state index contributed by atoms with van der Waals surface area (Å²) in [4.78, 5) is 12.3. The average molecular weight is 437 g/mol. The van der Waals surface area contributed by atoms with Gasteiger partial charge in [0, 0.05) is 12.6 Å². The molecule has 27 heavy (non-hydrogen) atoms. The highest BCUT2D eigenvalue weighted by Crippen LogP contribution is 2.31. The Hall–Kier alpha value is -2.81. The third-order valence-corrected chi connectivity index (χ3v) is 4.47. The molecule has 0 saturated heterocycles. The van der Waals surface area contributed by atoms with E-state index in [1.807, 2.05) is 30.3 Å². The van der Waals surface area contributed by atoms with Crippen LogP contribution < -0.4 is 5.32 Å². The second-order valence-corrected chi connectivity index (χ2v) is 6.59. The summed E-state index contributed by atoms with van der Waals surface area (Å²) in [5, 5.41) is 10.1. The van der Waals surface area contributed by atoms with E-state index in [1.54, 1.807) is 6.92 Å².